The summed E-state index contributed by atoms with van der Waals surface area (Å²) in [5.74, 6) is 1.64. The first-order chi connectivity index (χ1) is 5.84. The molecule has 0 radical (unpaired) electrons. The van der Waals surface area contributed by atoms with Crippen molar-refractivity contribution in [3.05, 3.63) is 12.5 Å². The fourth-order valence-corrected chi connectivity index (χ4v) is 2.01. The summed E-state index contributed by atoms with van der Waals surface area (Å²) in [5, 5.41) is 0. The van der Waals surface area contributed by atoms with Crippen LogP contribution in [0.25, 0.3) is 0 Å². The molecule has 1 aliphatic carbocycles. The van der Waals surface area contributed by atoms with Crippen LogP contribution in [0.4, 0.5) is 5.82 Å². The minimum Gasteiger partial charge on any atom is -0.363 e. The summed E-state index contributed by atoms with van der Waals surface area (Å²) < 4.78 is 2.16. The molecule has 0 saturated heterocycles. The van der Waals surface area contributed by atoms with Crippen LogP contribution in [0.3, 0.4) is 0 Å². The normalized spacial score (nSPS) is 18.7. The number of hydrogen-bond acceptors (Lipinski definition) is 1. The molecule has 2 rings (SSSR count). The van der Waals surface area contributed by atoms with Crippen LogP contribution in [0.15, 0.2) is 12.5 Å². The number of aromatic amines is 1. The third-order valence-electron chi connectivity index (χ3n) is 2.65. The highest BCUT2D eigenvalue weighted by Crippen LogP contribution is 2.24. The molecule has 1 saturated carbocycles. The lowest BCUT2D eigenvalue weighted by Gasteiger charge is -2.03. The van der Waals surface area contributed by atoms with E-state index in [0.29, 0.717) is 0 Å². The lowest BCUT2D eigenvalue weighted by atomic mass is 10.1. The van der Waals surface area contributed by atoms with Crippen LogP contribution in [-0.2, 0) is 6.54 Å². The van der Waals surface area contributed by atoms with Gasteiger partial charge >= 0.3 is 0 Å². The van der Waals surface area contributed by atoms with Crippen molar-refractivity contribution in [3.8, 4) is 0 Å². The second kappa shape index (κ2) is 3.17. The zero-order chi connectivity index (χ0) is 8.39. The Bertz CT molecular complexity index is 248. The molecule has 66 valence electrons. The number of hydrogen-bond donors (Lipinski definition) is 2. The van der Waals surface area contributed by atoms with Gasteiger partial charge in [0, 0.05) is 0 Å². The Kier molecular flexibility index (Phi) is 2.02. The molecule has 3 nitrogen and oxygen atoms in total. The summed E-state index contributed by atoms with van der Waals surface area (Å²) in [4.78, 5) is 2.98. The number of nitrogen functional groups attached to an aromatic ring is 1. The van der Waals surface area contributed by atoms with Crippen LogP contribution in [0.1, 0.15) is 25.7 Å². The van der Waals surface area contributed by atoms with E-state index in [1.807, 2.05) is 12.5 Å². The molecule has 0 unspecified atom stereocenters. The number of imidazole rings is 1. The maximum atomic E-state index is 5.58. The zero-order valence-corrected chi connectivity index (χ0v) is 7.29. The van der Waals surface area contributed by atoms with E-state index in [1.165, 1.54) is 25.7 Å². The average Bonchev–Trinajstić information content (AvgIpc) is 2.63. The molecule has 0 spiro atoms. The highest BCUT2D eigenvalue weighted by molar-refractivity contribution is 5.18. The summed E-state index contributed by atoms with van der Waals surface area (Å²) in [6.07, 6.45) is 9.51. The Balaban J connectivity index is 1.94. The molecule has 0 amide bonds. The summed E-state index contributed by atoms with van der Waals surface area (Å²) in [6, 6.07) is 0. The van der Waals surface area contributed by atoms with Gasteiger partial charge in [-0.05, 0) is 18.8 Å². The molecule has 0 aromatic carbocycles. The van der Waals surface area contributed by atoms with Crippen LogP contribution in [0.5, 0.6) is 0 Å². The third-order valence-corrected chi connectivity index (χ3v) is 2.65. The first kappa shape index (κ1) is 7.65. The molecule has 1 aliphatic rings. The number of rotatable bonds is 2. The highest BCUT2D eigenvalue weighted by atomic mass is 15.1. The number of nitrogens with two attached hydrogens (primary N) is 1. The summed E-state index contributed by atoms with van der Waals surface area (Å²) in [6.45, 7) is 1.13. The lowest BCUT2D eigenvalue weighted by Crippen LogP contribution is -2.34. The van der Waals surface area contributed by atoms with Gasteiger partial charge in [0.05, 0.1) is 6.54 Å². The fraction of sp³-hybridized carbons (Fsp3) is 0.667. The van der Waals surface area contributed by atoms with Gasteiger partial charge in [-0.15, -0.1) is 0 Å². The Morgan fingerprint density at radius 1 is 1.50 bits per heavy atom. The van der Waals surface area contributed by atoms with E-state index < -0.39 is 0 Å². The van der Waals surface area contributed by atoms with E-state index in [4.69, 9.17) is 5.73 Å². The van der Waals surface area contributed by atoms with Gasteiger partial charge < -0.3 is 5.73 Å². The van der Waals surface area contributed by atoms with Gasteiger partial charge in [0.25, 0.3) is 0 Å². The van der Waals surface area contributed by atoms with Crippen molar-refractivity contribution in [2.75, 3.05) is 5.73 Å². The van der Waals surface area contributed by atoms with E-state index in [9.17, 15) is 0 Å². The topological polar surface area (TPSA) is 45.7 Å². The molecular weight excluding hydrogens is 150 g/mol. The maximum absolute atomic E-state index is 5.58. The smallest absolute Gasteiger partial charge is 0.243 e. The third kappa shape index (κ3) is 1.60. The fourth-order valence-electron chi connectivity index (χ4n) is 2.01. The summed E-state index contributed by atoms with van der Waals surface area (Å²) in [5.41, 5.74) is 5.58. The van der Waals surface area contributed by atoms with Gasteiger partial charge in [0.2, 0.25) is 12.1 Å². The van der Waals surface area contributed by atoms with Crippen LogP contribution in [-0.4, -0.2) is 4.98 Å². The van der Waals surface area contributed by atoms with E-state index in [1.54, 1.807) is 0 Å². The molecule has 0 atom stereocenters. The first-order valence-corrected chi connectivity index (χ1v) is 4.67. The van der Waals surface area contributed by atoms with Crippen molar-refractivity contribution in [2.24, 2.45) is 5.92 Å². The molecule has 12 heavy (non-hydrogen) atoms. The van der Waals surface area contributed by atoms with Crippen molar-refractivity contribution in [2.45, 2.75) is 32.2 Å². The van der Waals surface area contributed by atoms with Crippen molar-refractivity contribution in [3.63, 3.8) is 0 Å². The molecule has 0 bridgehead atoms. The Morgan fingerprint density at radius 3 is 2.83 bits per heavy atom. The number of anilines is 1. The largest absolute Gasteiger partial charge is 0.363 e. The highest BCUT2D eigenvalue weighted by Gasteiger charge is 2.17. The molecule has 0 aliphatic heterocycles. The van der Waals surface area contributed by atoms with E-state index in [-0.39, 0.29) is 0 Å². The minimum atomic E-state index is 0.757. The molecule has 1 heterocycles. The minimum absolute atomic E-state index is 0.757. The van der Waals surface area contributed by atoms with Gasteiger partial charge in [-0.1, -0.05) is 12.8 Å². The van der Waals surface area contributed by atoms with Gasteiger partial charge in [-0.3, -0.25) is 0 Å². The van der Waals surface area contributed by atoms with Gasteiger partial charge in [0.1, 0.15) is 0 Å². The van der Waals surface area contributed by atoms with Crippen LogP contribution in [0.2, 0.25) is 0 Å². The predicted octanol–water partition coefficient (Wildman–Crippen LogP) is 1.07. The SMILES string of the molecule is Nc1c[n+](CC2CCCC2)c[nH]1. The monoisotopic (exact) mass is 166 g/mol. The first-order valence-electron chi connectivity index (χ1n) is 4.67. The second-order valence-electron chi connectivity index (χ2n) is 3.71. The zero-order valence-electron chi connectivity index (χ0n) is 7.29. The van der Waals surface area contributed by atoms with Crippen LogP contribution < -0.4 is 10.3 Å². The Morgan fingerprint density at radius 2 is 2.25 bits per heavy atom. The summed E-state index contributed by atoms with van der Waals surface area (Å²) >= 11 is 0. The Hall–Kier alpha value is -0.990. The number of nitrogens with one attached hydrogen (secondary N) is 1. The van der Waals surface area contributed by atoms with Crippen molar-refractivity contribution in [1.82, 2.24) is 4.98 Å². The van der Waals surface area contributed by atoms with E-state index in [0.717, 1.165) is 18.3 Å². The standard InChI is InChI=1S/C9H15N3/c10-9-6-12(7-11-9)5-8-3-1-2-4-8/h6-8H,1-5,10H2/p+1. The Labute approximate surface area is 72.6 Å². The second-order valence-corrected chi connectivity index (χ2v) is 3.71. The van der Waals surface area contributed by atoms with Crippen LogP contribution >= 0.6 is 0 Å². The molecule has 1 aromatic rings. The van der Waals surface area contributed by atoms with Crippen molar-refractivity contribution in [1.29, 1.82) is 0 Å². The molecule has 3 N–H and O–H groups in total. The lowest BCUT2D eigenvalue weighted by molar-refractivity contribution is -0.701. The quantitative estimate of drug-likeness (QED) is 0.634. The van der Waals surface area contributed by atoms with E-state index >= 15 is 0 Å². The molecule has 1 aromatic heterocycles. The van der Waals surface area contributed by atoms with Gasteiger partial charge in [-0.2, -0.15) is 0 Å². The summed E-state index contributed by atoms with van der Waals surface area (Å²) in [7, 11) is 0. The maximum Gasteiger partial charge on any atom is 0.243 e. The number of nitrogens with zero attached hydrogens (tertiary/aromatic N) is 1. The molecular formula is C9H16N3+. The predicted molar refractivity (Wildman–Crippen MR) is 47.4 cm³/mol. The van der Waals surface area contributed by atoms with E-state index in [2.05, 4.69) is 9.55 Å². The number of aromatic nitrogens is 2. The van der Waals surface area contributed by atoms with Crippen molar-refractivity contribution < 1.29 is 4.57 Å². The van der Waals surface area contributed by atoms with Gasteiger partial charge in [0.15, 0.2) is 6.20 Å². The average molecular weight is 166 g/mol. The molecule has 3 heteroatoms. The number of H-pyrrole nitrogens is 1. The van der Waals surface area contributed by atoms with Crippen molar-refractivity contribution >= 4 is 5.82 Å². The van der Waals surface area contributed by atoms with Crippen LogP contribution in [0, 0.1) is 5.92 Å². The van der Waals surface area contributed by atoms with Gasteiger partial charge in [-0.25, -0.2) is 9.55 Å². The molecule has 1 fully saturated rings.